The fourth-order valence-electron chi connectivity index (χ4n) is 2.81. The first-order valence-corrected chi connectivity index (χ1v) is 10.2. The number of hydrogen-bond donors (Lipinski definition) is 3. The Morgan fingerprint density at radius 1 is 1.00 bits per heavy atom. The summed E-state index contributed by atoms with van der Waals surface area (Å²) in [6.45, 7) is 5.28. The standard InChI is InChI=1S/C22H23N5O2S/c1-14-12-19(30-22-23-10-5-11-24-22)8-9-20(14)27-21(29)25-15(2)17-6-4-7-18(13-17)26-16(3)28/h4-13,15H,1-3H3,(H,26,28)(H2,25,27,29). The average molecular weight is 422 g/mol. The molecule has 154 valence electrons. The third-order valence-corrected chi connectivity index (χ3v) is 5.13. The summed E-state index contributed by atoms with van der Waals surface area (Å²) in [5.74, 6) is -0.138. The number of rotatable bonds is 6. The van der Waals surface area contributed by atoms with Gasteiger partial charge in [0.05, 0.1) is 6.04 Å². The molecular formula is C22H23N5O2S. The van der Waals surface area contributed by atoms with Gasteiger partial charge >= 0.3 is 6.03 Å². The van der Waals surface area contributed by atoms with Gasteiger partial charge < -0.3 is 16.0 Å². The summed E-state index contributed by atoms with van der Waals surface area (Å²) < 4.78 is 0. The Morgan fingerprint density at radius 2 is 1.77 bits per heavy atom. The molecule has 0 radical (unpaired) electrons. The Hall–Kier alpha value is -3.39. The van der Waals surface area contributed by atoms with Crippen molar-refractivity contribution in [1.29, 1.82) is 0 Å². The van der Waals surface area contributed by atoms with Crippen molar-refractivity contribution < 1.29 is 9.59 Å². The number of aromatic nitrogens is 2. The fraction of sp³-hybridized carbons (Fsp3) is 0.182. The fourth-order valence-corrected chi connectivity index (χ4v) is 3.62. The van der Waals surface area contributed by atoms with Gasteiger partial charge in [0.1, 0.15) is 0 Å². The Labute approximate surface area is 179 Å². The van der Waals surface area contributed by atoms with Crippen LogP contribution in [0.25, 0.3) is 0 Å². The highest BCUT2D eigenvalue weighted by Crippen LogP contribution is 2.28. The molecule has 1 atom stereocenters. The molecule has 8 heteroatoms. The van der Waals surface area contributed by atoms with E-state index >= 15 is 0 Å². The maximum atomic E-state index is 12.5. The topological polar surface area (TPSA) is 96.0 Å². The molecule has 3 N–H and O–H groups in total. The zero-order chi connectivity index (χ0) is 21.5. The Morgan fingerprint density at radius 3 is 2.47 bits per heavy atom. The summed E-state index contributed by atoms with van der Waals surface area (Å²) in [5, 5.41) is 9.22. The van der Waals surface area contributed by atoms with E-state index in [0.717, 1.165) is 21.7 Å². The number of nitrogens with one attached hydrogen (secondary N) is 3. The lowest BCUT2D eigenvalue weighted by atomic mass is 10.1. The number of aryl methyl sites for hydroxylation is 1. The van der Waals surface area contributed by atoms with Crippen LogP contribution < -0.4 is 16.0 Å². The van der Waals surface area contributed by atoms with Crippen molar-refractivity contribution in [3.63, 3.8) is 0 Å². The van der Waals surface area contributed by atoms with E-state index in [4.69, 9.17) is 0 Å². The number of carbonyl (C=O) groups is 2. The lowest BCUT2D eigenvalue weighted by molar-refractivity contribution is -0.114. The molecule has 0 saturated carbocycles. The second-order valence-corrected chi connectivity index (χ2v) is 7.78. The molecule has 3 amide bonds. The van der Waals surface area contributed by atoms with Gasteiger partial charge in [0, 0.05) is 35.6 Å². The number of carbonyl (C=O) groups excluding carboxylic acids is 2. The third-order valence-electron chi connectivity index (χ3n) is 4.25. The van der Waals surface area contributed by atoms with E-state index in [-0.39, 0.29) is 18.0 Å². The summed E-state index contributed by atoms with van der Waals surface area (Å²) in [7, 11) is 0. The minimum Gasteiger partial charge on any atom is -0.331 e. The van der Waals surface area contributed by atoms with Gasteiger partial charge in [-0.15, -0.1) is 0 Å². The average Bonchev–Trinajstić information content (AvgIpc) is 2.70. The van der Waals surface area contributed by atoms with Crippen molar-refractivity contribution in [2.75, 3.05) is 10.6 Å². The van der Waals surface area contributed by atoms with Gasteiger partial charge in [0.2, 0.25) is 5.91 Å². The van der Waals surface area contributed by atoms with Crippen LogP contribution in [0.2, 0.25) is 0 Å². The molecule has 1 unspecified atom stereocenters. The lowest BCUT2D eigenvalue weighted by Gasteiger charge is -2.17. The molecule has 2 aromatic carbocycles. The largest absolute Gasteiger partial charge is 0.331 e. The van der Waals surface area contributed by atoms with Crippen LogP contribution in [0.5, 0.6) is 0 Å². The van der Waals surface area contributed by atoms with E-state index in [1.807, 2.05) is 50.2 Å². The highest BCUT2D eigenvalue weighted by atomic mass is 32.2. The number of benzene rings is 2. The quantitative estimate of drug-likeness (QED) is 0.498. The van der Waals surface area contributed by atoms with Crippen LogP contribution in [0.3, 0.4) is 0 Å². The normalized spacial score (nSPS) is 11.4. The van der Waals surface area contributed by atoms with E-state index in [1.54, 1.807) is 24.5 Å². The molecular weight excluding hydrogens is 398 g/mol. The summed E-state index contributed by atoms with van der Waals surface area (Å²) in [4.78, 5) is 33.1. The second-order valence-electron chi connectivity index (χ2n) is 6.74. The lowest BCUT2D eigenvalue weighted by Crippen LogP contribution is -2.31. The van der Waals surface area contributed by atoms with Crippen LogP contribution in [0, 0.1) is 6.92 Å². The number of hydrogen-bond acceptors (Lipinski definition) is 5. The molecule has 0 aliphatic rings. The van der Waals surface area contributed by atoms with Gasteiger partial charge in [0.15, 0.2) is 5.16 Å². The van der Waals surface area contributed by atoms with E-state index in [9.17, 15) is 9.59 Å². The van der Waals surface area contributed by atoms with Crippen LogP contribution in [-0.4, -0.2) is 21.9 Å². The van der Waals surface area contributed by atoms with E-state index in [1.165, 1.54) is 18.7 Å². The highest BCUT2D eigenvalue weighted by molar-refractivity contribution is 7.99. The second kappa shape index (κ2) is 9.89. The Balaban J connectivity index is 1.61. The number of urea groups is 1. The predicted molar refractivity (Wildman–Crippen MR) is 119 cm³/mol. The summed E-state index contributed by atoms with van der Waals surface area (Å²) in [5.41, 5.74) is 3.25. The van der Waals surface area contributed by atoms with Crippen molar-refractivity contribution in [2.24, 2.45) is 0 Å². The number of amides is 3. The van der Waals surface area contributed by atoms with Crippen LogP contribution in [0.4, 0.5) is 16.2 Å². The molecule has 0 fully saturated rings. The minimum absolute atomic E-state index is 0.138. The summed E-state index contributed by atoms with van der Waals surface area (Å²) in [6.07, 6.45) is 3.41. The molecule has 0 spiro atoms. The Kier molecular flexibility index (Phi) is 7.03. The van der Waals surface area contributed by atoms with Crippen molar-refractivity contribution >= 4 is 35.1 Å². The molecule has 7 nitrogen and oxygen atoms in total. The maximum absolute atomic E-state index is 12.5. The van der Waals surface area contributed by atoms with E-state index in [0.29, 0.717) is 10.8 Å². The first-order chi connectivity index (χ1) is 14.4. The zero-order valence-corrected chi connectivity index (χ0v) is 17.8. The molecule has 3 aromatic rings. The van der Waals surface area contributed by atoms with Gasteiger partial charge in [-0.3, -0.25) is 4.79 Å². The smallest absolute Gasteiger partial charge is 0.319 e. The molecule has 0 aliphatic carbocycles. The summed E-state index contributed by atoms with van der Waals surface area (Å²) in [6, 6.07) is 14.4. The Bertz CT molecular complexity index is 1040. The predicted octanol–water partition coefficient (Wildman–Crippen LogP) is 4.78. The number of nitrogens with zero attached hydrogens (tertiary/aromatic N) is 2. The first-order valence-electron chi connectivity index (χ1n) is 9.41. The van der Waals surface area contributed by atoms with Crippen LogP contribution in [0.1, 0.15) is 31.0 Å². The highest BCUT2D eigenvalue weighted by Gasteiger charge is 2.12. The SMILES string of the molecule is CC(=O)Nc1cccc(C(C)NC(=O)Nc2ccc(Sc3ncccn3)cc2C)c1. The van der Waals surface area contributed by atoms with Crippen molar-refractivity contribution in [1.82, 2.24) is 15.3 Å². The maximum Gasteiger partial charge on any atom is 0.319 e. The van der Waals surface area contributed by atoms with Crippen molar-refractivity contribution in [2.45, 2.75) is 36.9 Å². The zero-order valence-electron chi connectivity index (χ0n) is 17.0. The molecule has 0 bridgehead atoms. The first kappa shape index (κ1) is 21.3. The monoisotopic (exact) mass is 421 g/mol. The summed E-state index contributed by atoms with van der Waals surface area (Å²) >= 11 is 1.46. The van der Waals surface area contributed by atoms with Crippen LogP contribution in [0.15, 0.2) is 71.0 Å². The van der Waals surface area contributed by atoms with E-state index in [2.05, 4.69) is 25.9 Å². The van der Waals surface area contributed by atoms with Crippen LogP contribution in [-0.2, 0) is 4.79 Å². The van der Waals surface area contributed by atoms with Crippen LogP contribution >= 0.6 is 11.8 Å². The third kappa shape index (κ3) is 6.05. The molecule has 1 heterocycles. The van der Waals surface area contributed by atoms with Gasteiger partial charge in [-0.1, -0.05) is 12.1 Å². The molecule has 0 saturated heterocycles. The van der Waals surface area contributed by atoms with Gasteiger partial charge in [-0.25, -0.2) is 14.8 Å². The minimum atomic E-state index is -0.303. The van der Waals surface area contributed by atoms with Gasteiger partial charge in [-0.05, 0) is 73.1 Å². The molecule has 30 heavy (non-hydrogen) atoms. The van der Waals surface area contributed by atoms with Gasteiger partial charge in [-0.2, -0.15) is 0 Å². The van der Waals surface area contributed by atoms with Crippen molar-refractivity contribution in [3.8, 4) is 0 Å². The van der Waals surface area contributed by atoms with Crippen molar-refractivity contribution in [3.05, 3.63) is 72.1 Å². The number of anilines is 2. The molecule has 3 rings (SSSR count). The molecule has 0 aliphatic heterocycles. The van der Waals surface area contributed by atoms with Gasteiger partial charge in [0.25, 0.3) is 0 Å². The van der Waals surface area contributed by atoms with E-state index < -0.39 is 0 Å². The molecule has 1 aromatic heterocycles.